The van der Waals surface area contributed by atoms with Gasteiger partial charge in [-0.15, -0.1) is 34.9 Å². The summed E-state index contributed by atoms with van der Waals surface area (Å²) in [4.78, 5) is 65.0. The lowest BCUT2D eigenvalue weighted by Crippen LogP contribution is -2.71. The van der Waals surface area contributed by atoms with E-state index in [2.05, 4.69) is 25.4 Å². The quantitative estimate of drug-likeness (QED) is 0.117. The molecule has 2 aliphatic heterocycles. The Kier molecular flexibility index (Phi) is 6.90. The molecule has 0 aromatic carbocycles. The standard InChI is InChI=1S/C18H17N7O6S3/c1-31-24-10(8-6-34-17(19)21-8)13(26)23-11-14(27)25-12(16(28)29)7(5-33-15(11)25)4-32-9-2-3-20-18(30)22-9/h2-3,6,11,15H,4-5H2,1H3,(H2,19,21)(H,23,26)(H,28,29)(H,20,22,30)/t11?,15-/m0/s1. The maximum Gasteiger partial charge on any atom is 0.352 e. The fraction of sp³-hybridized carbons (Fsp3) is 0.278. The number of aromatic nitrogens is 3. The Morgan fingerprint density at radius 2 is 2.26 bits per heavy atom. The molecule has 1 fully saturated rings. The van der Waals surface area contributed by atoms with Gasteiger partial charge in [-0.1, -0.05) is 5.16 Å². The van der Waals surface area contributed by atoms with Gasteiger partial charge in [0.15, 0.2) is 10.8 Å². The highest BCUT2D eigenvalue weighted by atomic mass is 32.2. The molecule has 5 N–H and O–H groups in total. The Hall–Kier alpha value is -3.37. The number of hydrogen-bond donors (Lipinski definition) is 4. The van der Waals surface area contributed by atoms with Crippen LogP contribution in [-0.2, 0) is 19.2 Å². The fourth-order valence-corrected chi connectivity index (χ4v) is 6.21. The summed E-state index contributed by atoms with van der Waals surface area (Å²) < 4.78 is 0. The molecule has 4 rings (SSSR count). The first kappa shape index (κ1) is 23.8. The average Bonchev–Trinajstić information content (AvgIpc) is 3.24. The number of hydrogen-bond acceptors (Lipinski definition) is 12. The van der Waals surface area contributed by atoms with Crippen LogP contribution >= 0.6 is 34.9 Å². The molecule has 0 saturated carbocycles. The lowest BCUT2D eigenvalue weighted by molar-refractivity contribution is -0.150. The normalized spacial score (nSPS) is 20.0. The van der Waals surface area contributed by atoms with Crippen LogP contribution in [0.15, 0.2) is 43.9 Å². The number of nitrogens with zero attached hydrogens (tertiary/aromatic N) is 4. The molecule has 13 nitrogen and oxygen atoms in total. The van der Waals surface area contributed by atoms with Crippen molar-refractivity contribution in [3.63, 3.8) is 0 Å². The number of aliphatic carboxylic acids is 1. The predicted molar refractivity (Wildman–Crippen MR) is 125 cm³/mol. The van der Waals surface area contributed by atoms with Gasteiger partial charge in [-0.2, -0.15) is 0 Å². The molecule has 2 aliphatic rings. The number of thioether (sulfide) groups is 2. The van der Waals surface area contributed by atoms with Crippen molar-refractivity contribution in [1.29, 1.82) is 0 Å². The number of carbonyl (C=O) groups excluding carboxylic acids is 2. The Morgan fingerprint density at radius 3 is 2.91 bits per heavy atom. The summed E-state index contributed by atoms with van der Waals surface area (Å²) in [6, 6.07) is 0.650. The number of H-pyrrole nitrogens is 1. The van der Waals surface area contributed by atoms with Gasteiger partial charge in [0.05, 0.1) is 5.03 Å². The third kappa shape index (κ3) is 4.64. The predicted octanol–water partition coefficient (Wildman–Crippen LogP) is -0.310. The number of amides is 2. The van der Waals surface area contributed by atoms with Gasteiger partial charge in [-0.25, -0.2) is 19.6 Å². The monoisotopic (exact) mass is 523 g/mol. The topological polar surface area (TPSA) is 193 Å². The van der Waals surface area contributed by atoms with Crippen LogP contribution in [0.25, 0.3) is 0 Å². The van der Waals surface area contributed by atoms with Crippen LogP contribution in [0, 0.1) is 0 Å². The zero-order chi connectivity index (χ0) is 24.4. The highest BCUT2D eigenvalue weighted by molar-refractivity contribution is 8.01. The molecule has 0 aliphatic carbocycles. The summed E-state index contributed by atoms with van der Waals surface area (Å²) in [7, 11) is 1.27. The number of nitrogens with two attached hydrogens (primary N) is 1. The zero-order valence-corrected chi connectivity index (χ0v) is 19.8. The van der Waals surface area contributed by atoms with Gasteiger partial charge in [-0.05, 0) is 11.6 Å². The second-order valence-corrected chi connectivity index (χ2v) is 9.85. The van der Waals surface area contributed by atoms with Crippen molar-refractivity contribution in [3.8, 4) is 0 Å². The Balaban J connectivity index is 1.49. The van der Waals surface area contributed by atoms with Crippen LogP contribution in [0.1, 0.15) is 5.69 Å². The van der Waals surface area contributed by atoms with Gasteiger partial charge < -0.3 is 26.0 Å². The van der Waals surface area contributed by atoms with E-state index in [-0.39, 0.29) is 28.0 Å². The molecule has 34 heavy (non-hydrogen) atoms. The molecule has 1 unspecified atom stereocenters. The van der Waals surface area contributed by atoms with Crippen molar-refractivity contribution >= 4 is 63.5 Å². The molecular weight excluding hydrogens is 506 g/mol. The number of thiazole rings is 1. The summed E-state index contributed by atoms with van der Waals surface area (Å²) in [5.41, 5.74) is 5.55. The summed E-state index contributed by atoms with van der Waals surface area (Å²) >= 11 is 3.67. The number of rotatable bonds is 8. The minimum absolute atomic E-state index is 0.124. The van der Waals surface area contributed by atoms with Gasteiger partial charge >= 0.3 is 11.7 Å². The zero-order valence-electron chi connectivity index (χ0n) is 17.4. The van der Waals surface area contributed by atoms with E-state index in [4.69, 9.17) is 10.6 Å². The minimum Gasteiger partial charge on any atom is -0.477 e. The first-order valence-electron chi connectivity index (χ1n) is 9.51. The van der Waals surface area contributed by atoms with E-state index in [0.717, 1.165) is 11.3 Å². The molecule has 0 radical (unpaired) electrons. The van der Waals surface area contributed by atoms with Gasteiger partial charge in [0.1, 0.15) is 29.9 Å². The molecule has 0 bridgehead atoms. The maximum atomic E-state index is 12.9. The Labute approximate surface area is 203 Å². The van der Waals surface area contributed by atoms with Crippen LogP contribution in [0.3, 0.4) is 0 Å². The number of carboxylic acid groups (broad SMARTS) is 1. The number of nitrogens with one attached hydrogen (secondary N) is 2. The molecule has 0 spiro atoms. The number of nitrogen functional groups attached to an aromatic ring is 1. The van der Waals surface area contributed by atoms with Crippen molar-refractivity contribution in [3.05, 3.63) is 45.1 Å². The molecule has 2 amide bonds. The van der Waals surface area contributed by atoms with Crippen LogP contribution in [0.2, 0.25) is 0 Å². The number of fused-ring (bicyclic) bond motifs is 1. The Morgan fingerprint density at radius 1 is 1.47 bits per heavy atom. The number of β-lactam (4-membered cyclic amide) rings is 1. The van der Waals surface area contributed by atoms with Crippen LogP contribution in [-0.4, -0.2) is 78.5 Å². The second kappa shape index (κ2) is 9.86. The van der Waals surface area contributed by atoms with Crippen molar-refractivity contribution < 1.29 is 24.3 Å². The molecule has 2 atom stereocenters. The van der Waals surface area contributed by atoms with Gasteiger partial charge in [-0.3, -0.25) is 14.5 Å². The lowest BCUT2D eigenvalue weighted by Gasteiger charge is -2.49. The number of carboxylic acids is 1. The fourth-order valence-electron chi connectivity index (χ4n) is 3.30. The highest BCUT2D eigenvalue weighted by Crippen LogP contribution is 2.41. The van der Waals surface area contributed by atoms with E-state index >= 15 is 0 Å². The molecular formula is C18H17N7O6S3. The Bertz CT molecular complexity index is 1270. The van der Waals surface area contributed by atoms with E-state index in [0.29, 0.717) is 16.4 Å². The summed E-state index contributed by atoms with van der Waals surface area (Å²) in [6.07, 6.45) is 1.35. The summed E-state index contributed by atoms with van der Waals surface area (Å²) in [5, 5.41) is 17.8. The molecule has 1 saturated heterocycles. The van der Waals surface area contributed by atoms with E-state index in [1.807, 2.05) is 0 Å². The van der Waals surface area contributed by atoms with Crippen LogP contribution in [0.4, 0.5) is 5.13 Å². The third-order valence-corrected chi connectivity index (χ3v) is 7.80. The third-order valence-electron chi connectivity index (χ3n) is 4.75. The van der Waals surface area contributed by atoms with Gasteiger partial charge in [0.2, 0.25) is 0 Å². The first-order valence-corrected chi connectivity index (χ1v) is 12.4. The maximum absolute atomic E-state index is 12.9. The lowest BCUT2D eigenvalue weighted by atomic mass is 10.0. The first-order chi connectivity index (χ1) is 16.3. The average molecular weight is 524 g/mol. The smallest absolute Gasteiger partial charge is 0.352 e. The van der Waals surface area contributed by atoms with Crippen molar-refractivity contribution in [1.82, 2.24) is 25.2 Å². The number of anilines is 1. The number of carbonyl (C=O) groups is 3. The van der Waals surface area contributed by atoms with E-state index in [1.54, 1.807) is 6.07 Å². The van der Waals surface area contributed by atoms with E-state index in [9.17, 15) is 24.3 Å². The molecule has 16 heteroatoms. The van der Waals surface area contributed by atoms with Gasteiger partial charge in [0, 0.05) is 23.1 Å². The SMILES string of the molecule is CON=C(C(=O)NC1C(=O)N2C(C(=O)O)=C(CSc3ccnc(=O)[nH]3)CS[C@@H]12)c1csc(N)n1. The van der Waals surface area contributed by atoms with Crippen molar-refractivity contribution in [2.24, 2.45) is 5.16 Å². The second-order valence-electron chi connectivity index (χ2n) is 6.84. The summed E-state index contributed by atoms with van der Waals surface area (Å²) in [6.45, 7) is 0. The van der Waals surface area contributed by atoms with E-state index in [1.165, 1.54) is 47.1 Å². The van der Waals surface area contributed by atoms with Crippen molar-refractivity contribution in [2.75, 3.05) is 24.3 Å². The van der Waals surface area contributed by atoms with Gasteiger partial charge in [0.25, 0.3) is 11.8 Å². The molecule has 2 aromatic heterocycles. The van der Waals surface area contributed by atoms with Crippen LogP contribution < -0.4 is 16.7 Å². The largest absolute Gasteiger partial charge is 0.477 e. The highest BCUT2D eigenvalue weighted by Gasteiger charge is 2.54. The molecule has 2 aromatic rings. The minimum atomic E-state index is -1.25. The summed E-state index contributed by atoms with van der Waals surface area (Å²) in [5.74, 6) is -1.93. The molecule has 178 valence electrons. The molecule has 4 heterocycles. The number of oxime groups is 1. The van der Waals surface area contributed by atoms with Crippen LogP contribution in [0.5, 0.6) is 0 Å². The number of aromatic amines is 1. The van der Waals surface area contributed by atoms with E-state index < -0.39 is 34.9 Å². The van der Waals surface area contributed by atoms with Crippen molar-refractivity contribution in [2.45, 2.75) is 16.4 Å².